The van der Waals surface area contributed by atoms with Crippen LogP contribution in [-0.2, 0) is 9.53 Å². The first-order valence-corrected chi connectivity index (χ1v) is 5.98. The first-order chi connectivity index (χ1) is 7.77. The van der Waals surface area contributed by atoms with Gasteiger partial charge in [0.2, 0.25) is 0 Å². The van der Waals surface area contributed by atoms with Crippen LogP contribution in [-0.4, -0.2) is 23.8 Å². The van der Waals surface area contributed by atoms with Gasteiger partial charge in [-0.25, -0.2) is 0 Å². The van der Waals surface area contributed by atoms with Gasteiger partial charge in [0.25, 0.3) is 0 Å². The summed E-state index contributed by atoms with van der Waals surface area (Å²) in [7, 11) is 0. The fraction of sp³-hybridized carbons (Fsp3) is 0.714. The van der Waals surface area contributed by atoms with Gasteiger partial charge in [0.1, 0.15) is 0 Å². The van der Waals surface area contributed by atoms with Crippen molar-refractivity contribution in [3.05, 3.63) is 17.9 Å². The lowest BCUT2D eigenvalue weighted by Crippen LogP contribution is -2.23. The number of aliphatic hydroxyl groups is 1. The summed E-state index contributed by atoms with van der Waals surface area (Å²) in [5, 5.41) is 9.65. The average Bonchev–Trinajstić information content (AvgIpc) is 2.22. The molecule has 0 spiro atoms. The zero-order valence-corrected chi connectivity index (χ0v) is 11.4. The van der Waals surface area contributed by atoms with Gasteiger partial charge in [-0.1, -0.05) is 6.58 Å². The van der Waals surface area contributed by atoms with Crippen molar-refractivity contribution < 1.29 is 14.6 Å². The number of carbonyl (C=O) groups is 1. The Morgan fingerprint density at radius 2 is 2.06 bits per heavy atom. The van der Waals surface area contributed by atoms with Crippen LogP contribution in [0.1, 0.15) is 47.0 Å². The highest BCUT2D eigenvalue weighted by atomic mass is 16.5. The highest BCUT2D eigenvalue weighted by molar-refractivity contribution is 5.75. The molecule has 0 fully saturated rings. The van der Waals surface area contributed by atoms with Gasteiger partial charge >= 0.3 is 5.97 Å². The summed E-state index contributed by atoms with van der Waals surface area (Å²) < 4.78 is 5.10. The zero-order chi connectivity index (χ0) is 13.5. The number of rotatable bonds is 6. The van der Waals surface area contributed by atoms with E-state index >= 15 is 0 Å². The second-order valence-electron chi connectivity index (χ2n) is 5.34. The van der Waals surface area contributed by atoms with E-state index in [0.717, 1.165) is 5.57 Å². The highest BCUT2D eigenvalue weighted by Gasteiger charge is 2.22. The van der Waals surface area contributed by atoms with E-state index in [0.29, 0.717) is 25.9 Å². The molecule has 0 heterocycles. The molecule has 0 rings (SSSR count). The molecule has 3 heteroatoms. The van der Waals surface area contributed by atoms with E-state index in [-0.39, 0.29) is 5.97 Å². The van der Waals surface area contributed by atoms with Gasteiger partial charge in [0, 0.05) is 6.42 Å². The van der Waals surface area contributed by atoms with Crippen molar-refractivity contribution in [1.82, 2.24) is 0 Å². The molecule has 1 N–H and O–H groups in total. The lowest BCUT2D eigenvalue weighted by Gasteiger charge is -2.17. The number of carbonyl (C=O) groups excluding carboxylic acids is 1. The molecule has 0 aliphatic carbocycles. The van der Waals surface area contributed by atoms with Gasteiger partial charge < -0.3 is 9.84 Å². The molecule has 0 saturated carbocycles. The molecule has 3 nitrogen and oxygen atoms in total. The molecule has 98 valence electrons. The van der Waals surface area contributed by atoms with Crippen LogP contribution >= 0.6 is 0 Å². The monoisotopic (exact) mass is 240 g/mol. The summed E-state index contributed by atoms with van der Waals surface area (Å²) in [4.78, 5) is 11.4. The maximum Gasteiger partial charge on any atom is 0.311 e. The Hall–Kier alpha value is -1.05. The summed E-state index contributed by atoms with van der Waals surface area (Å²) in [6.45, 7) is 11.2. The molecule has 0 unspecified atom stereocenters. The fourth-order valence-corrected chi connectivity index (χ4v) is 1.23. The highest BCUT2D eigenvalue weighted by Crippen LogP contribution is 2.15. The van der Waals surface area contributed by atoms with Crippen LogP contribution in [0.2, 0.25) is 0 Å². The smallest absolute Gasteiger partial charge is 0.311 e. The SMILES string of the molecule is C=C=C(C)C[C@@H](O)CCCOC(=O)C(C)(C)C. The molecule has 0 amide bonds. The topological polar surface area (TPSA) is 46.5 Å². The molecule has 1 atom stereocenters. The standard InChI is InChI=1S/C14H24O3/c1-6-11(2)10-12(15)8-7-9-17-13(16)14(3,4)5/h12,15H,1,7-10H2,2-5H3/t12-/m0/s1. The van der Waals surface area contributed by atoms with Gasteiger partial charge in [-0.3, -0.25) is 4.79 Å². The summed E-state index contributed by atoms with van der Waals surface area (Å²) in [6, 6.07) is 0. The van der Waals surface area contributed by atoms with Gasteiger partial charge in [-0.05, 0) is 46.1 Å². The van der Waals surface area contributed by atoms with Crippen molar-refractivity contribution in [3.8, 4) is 0 Å². The summed E-state index contributed by atoms with van der Waals surface area (Å²) >= 11 is 0. The van der Waals surface area contributed by atoms with Crippen molar-refractivity contribution >= 4 is 5.97 Å². The minimum absolute atomic E-state index is 0.200. The maximum absolute atomic E-state index is 11.4. The Labute approximate surface area is 104 Å². The maximum atomic E-state index is 11.4. The van der Waals surface area contributed by atoms with E-state index in [1.54, 1.807) is 0 Å². The third-order valence-electron chi connectivity index (χ3n) is 2.37. The van der Waals surface area contributed by atoms with Crippen molar-refractivity contribution in [2.45, 2.75) is 53.1 Å². The summed E-state index contributed by atoms with van der Waals surface area (Å²) in [6.07, 6.45) is 1.47. The predicted octanol–water partition coefficient (Wildman–Crippen LogP) is 2.84. The third-order valence-corrected chi connectivity index (χ3v) is 2.37. The van der Waals surface area contributed by atoms with Crippen LogP contribution in [0.3, 0.4) is 0 Å². The average molecular weight is 240 g/mol. The molecule has 0 aliphatic heterocycles. The normalized spacial score (nSPS) is 12.8. The van der Waals surface area contributed by atoms with E-state index in [9.17, 15) is 9.90 Å². The second kappa shape index (κ2) is 7.31. The third kappa shape index (κ3) is 7.78. The van der Waals surface area contributed by atoms with Crippen LogP contribution in [0, 0.1) is 5.41 Å². The van der Waals surface area contributed by atoms with Crippen molar-refractivity contribution in [1.29, 1.82) is 0 Å². The van der Waals surface area contributed by atoms with E-state index < -0.39 is 11.5 Å². The molecular weight excluding hydrogens is 216 g/mol. The number of ether oxygens (including phenoxy) is 1. The van der Waals surface area contributed by atoms with Crippen LogP contribution in [0.4, 0.5) is 0 Å². The van der Waals surface area contributed by atoms with Crippen LogP contribution < -0.4 is 0 Å². The number of aliphatic hydroxyl groups excluding tert-OH is 1. The summed E-state index contributed by atoms with van der Waals surface area (Å²) in [5.41, 5.74) is 3.24. The van der Waals surface area contributed by atoms with Crippen LogP contribution in [0.5, 0.6) is 0 Å². The molecular formula is C14H24O3. The first kappa shape index (κ1) is 16.0. The quantitative estimate of drug-likeness (QED) is 0.441. The van der Waals surface area contributed by atoms with E-state index in [2.05, 4.69) is 12.3 Å². The predicted molar refractivity (Wildman–Crippen MR) is 68.6 cm³/mol. The minimum Gasteiger partial charge on any atom is -0.465 e. The van der Waals surface area contributed by atoms with Gasteiger partial charge in [0.15, 0.2) is 0 Å². The van der Waals surface area contributed by atoms with Crippen molar-refractivity contribution in [2.24, 2.45) is 5.41 Å². The Balaban J connectivity index is 3.72. The lowest BCUT2D eigenvalue weighted by atomic mass is 9.97. The van der Waals surface area contributed by atoms with Crippen LogP contribution in [0.25, 0.3) is 0 Å². The second-order valence-corrected chi connectivity index (χ2v) is 5.34. The van der Waals surface area contributed by atoms with Gasteiger partial charge in [-0.15, -0.1) is 5.73 Å². The molecule has 0 saturated heterocycles. The minimum atomic E-state index is -0.458. The number of hydrogen-bond acceptors (Lipinski definition) is 3. The van der Waals surface area contributed by atoms with Gasteiger partial charge in [-0.2, -0.15) is 0 Å². The Bertz CT molecular complexity index is 293. The lowest BCUT2D eigenvalue weighted by molar-refractivity contribution is -0.153. The van der Waals surface area contributed by atoms with Gasteiger partial charge in [0.05, 0.1) is 18.1 Å². The summed E-state index contributed by atoms with van der Waals surface area (Å²) in [5.74, 6) is -0.200. The Morgan fingerprint density at radius 1 is 1.47 bits per heavy atom. The largest absolute Gasteiger partial charge is 0.465 e. The van der Waals surface area contributed by atoms with E-state index in [1.165, 1.54) is 0 Å². The fourth-order valence-electron chi connectivity index (χ4n) is 1.23. The molecule has 0 aromatic heterocycles. The molecule has 0 aliphatic rings. The Kier molecular flexibility index (Phi) is 6.86. The molecule has 17 heavy (non-hydrogen) atoms. The number of hydrogen-bond donors (Lipinski definition) is 1. The van der Waals surface area contributed by atoms with Crippen molar-refractivity contribution in [3.63, 3.8) is 0 Å². The number of esters is 1. The Morgan fingerprint density at radius 3 is 2.53 bits per heavy atom. The molecule has 0 aromatic rings. The van der Waals surface area contributed by atoms with Crippen LogP contribution in [0.15, 0.2) is 17.9 Å². The van der Waals surface area contributed by atoms with E-state index in [1.807, 2.05) is 27.7 Å². The first-order valence-electron chi connectivity index (χ1n) is 5.98. The molecule has 0 bridgehead atoms. The van der Waals surface area contributed by atoms with E-state index in [4.69, 9.17) is 4.74 Å². The van der Waals surface area contributed by atoms with Crippen molar-refractivity contribution in [2.75, 3.05) is 6.61 Å². The zero-order valence-electron chi connectivity index (χ0n) is 11.4. The molecule has 0 aromatic carbocycles. The molecule has 0 radical (unpaired) electrons.